The zero-order valence-electron chi connectivity index (χ0n) is 14.8. The van der Waals surface area contributed by atoms with Crippen LogP contribution in [0.15, 0.2) is 22.7 Å². The molecule has 0 N–H and O–H groups in total. The molecule has 1 aliphatic carbocycles. The highest BCUT2D eigenvalue weighted by Crippen LogP contribution is 2.29. The maximum atomic E-state index is 6.06. The van der Waals surface area contributed by atoms with E-state index in [0.717, 1.165) is 16.9 Å². The minimum Gasteiger partial charge on any atom is -0.475 e. The number of ether oxygens (including phenoxy) is 1. The molecule has 2 aromatic rings. The van der Waals surface area contributed by atoms with E-state index in [-0.39, 0.29) is 0 Å². The summed E-state index contributed by atoms with van der Waals surface area (Å²) in [5, 5.41) is 5.59. The second-order valence-electron chi connectivity index (χ2n) is 7.69. The van der Waals surface area contributed by atoms with E-state index in [2.05, 4.69) is 10.1 Å². The van der Waals surface area contributed by atoms with Crippen LogP contribution in [0.5, 0.6) is 5.88 Å². The molecule has 4 rings (SSSR count). The normalized spacial score (nSPS) is 21.0. The minimum atomic E-state index is 0.571. The Hall–Kier alpha value is -1.26. The standard InChI is InChI=1S/C20H27ClN2O2/c21-17-6-7-19-18(12-17)20(22-25-19)24-14-16-8-10-23(11-9-16)13-15-4-2-1-3-5-15/h6-7,12,15-16H,1-5,8-11,13-14H2. The molecule has 0 radical (unpaired) electrons. The summed E-state index contributed by atoms with van der Waals surface area (Å²) in [7, 11) is 0. The first-order valence-corrected chi connectivity index (χ1v) is 10.1. The first-order chi connectivity index (χ1) is 12.3. The van der Waals surface area contributed by atoms with Crippen LogP contribution >= 0.6 is 11.6 Å². The van der Waals surface area contributed by atoms with Gasteiger partial charge in [0, 0.05) is 11.6 Å². The summed E-state index contributed by atoms with van der Waals surface area (Å²) in [6.45, 7) is 4.43. The fraction of sp³-hybridized carbons (Fsp3) is 0.650. The van der Waals surface area contributed by atoms with Gasteiger partial charge in [-0.2, -0.15) is 0 Å². The second kappa shape index (κ2) is 7.96. The summed E-state index contributed by atoms with van der Waals surface area (Å²) in [6, 6.07) is 5.50. The predicted molar refractivity (Wildman–Crippen MR) is 100 cm³/mol. The maximum Gasteiger partial charge on any atom is 0.262 e. The number of benzene rings is 1. The fourth-order valence-corrected chi connectivity index (χ4v) is 4.43. The van der Waals surface area contributed by atoms with E-state index in [1.165, 1.54) is 64.6 Å². The molecule has 25 heavy (non-hydrogen) atoms. The van der Waals surface area contributed by atoms with E-state index >= 15 is 0 Å². The topological polar surface area (TPSA) is 38.5 Å². The monoisotopic (exact) mass is 362 g/mol. The lowest BCUT2D eigenvalue weighted by Gasteiger charge is -2.35. The summed E-state index contributed by atoms with van der Waals surface area (Å²) < 4.78 is 11.3. The highest BCUT2D eigenvalue weighted by molar-refractivity contribution is 6.31. The third kappa shape index (κ3) is 4.29. The van der Waals surface area contributed by atoms with Crippen molar-refractivity contribution in [3.63, 3.8) is 0 Å². The molecule has 0 unspecified atom stereocenters. The van der Waals surface area contributed by atoms with Crippen molar-refractivity contribution >= 4 is 22.6 Å². The quantitative estimate of drug-likeness (QED) is 0.737. The molecule has 2 fully saturated rings. The molecule has 2 heterocycles. The van der Waals surface area contributed by atoms with Crippen molar-refractivity contribution < 1.29 is 9.26 Å². The Kier molecular flexibility index (Phi) is 5.47. The van der Waals surface area contributed by atoms with Crippen molar-refractivity contribution in [1.82, 2.24) is 10.1 Å². The van der Waals surface area contributed by atoms with Crippen LogP contribution in [0, 0.1) is 11.8 Å². The Bertz CT molecular complexity index is 688. The van der Waals surface area contributed by atoms with Crippen molar-refractivity contribution in [3.8, 4) is 5.88 Å². The second-order valence-corrected chi connectivity index (χ2v) is 8.12. The number of aromatic nitrogens is 1. The van der Waals surface area contributed by atoms with Crippen LogP contribution in [0.3, 0.4) is 0 Å². The minimum absolute atomic E-state index is 0.571. The number of piperidine rings is 1. The van der Waals surface area contributed by atoms with Gasteiger partial charge in [-0.15, -0.1) is 0 Å². The van der Waals surface area contributed by atoms with E-state index in [4.69, 9.17) is 20.9 Å². The lowest BCUT2D eigenvalue weighted by Crippen LogP contribution is -2.38. The van der Waals surface area contributed by atoms with E-state index < -0.39 is 0 Å². The van der Waals surface area contributed by atoms with Crippen LogP contribution in [0.4, 0.5) is 0 Å². The average Bonchev–Trinajstić information content (AvgIpc) is 3.04. The van der Waals surface area contributed by atoms with Crippen LogP contribution in [-0.2, 0) is 0 Å². The first kappa shape index (κ1) is 17.2. The van der Waals surface area contributed by atoms with Crippen LogP contribution in [0.25, 0.3) is 11.0 Å². The molecule has 1 saturated carbocycles. The number of hydrogen-bond donors (Lipinski definition) is 0. The van der Waals surface area contributed by atoms with Gasteiger partial charge < -0.3 is 14.2 Å². The van der Waals surface area contributed by atoms with E-state index in [1.54, 1.807) is 6.07 Å². The van der Waals surface area contributed by atoms with Crippen molar-refractivity contribution in [2.45, 2.75) is 44.9 Å². The molecule has 1 aromatic carbocycles. The molecule has 1 aromatic heterocycles. The van der Waals surface area contributed by atoms with E-state index in [9.17, 15) is 0 Å². The molecule has 0 atom stereocenters. The zero-order valence-corrected chi connectivity index (χ0v) is 15.5. The van der Waals surface area contributed by atoms with Gasteiger partial charge in [0.25, 0.3) is 5.88 Å². The molecular formula is C20H27ClN2O2. The Labute approximate surface area is 154 Å². The van der Waals surface area contributed by atoms with E-state index in [1.807, 2.05) is 12.1 Å². The number of likely N-dealkylation sites (tertiary alicyclic amines) is 1. The summed E-state index contributed by atoms with van der Waals surface area (Å²) in [5.74, 6) is 2.11. The molecule has 0 bridgehead atoms. The molecule has 136 valence electrons. The lowest BCUT2D eigenvalue weighted by atomic mass is 9.88. The lowest BCUT2D eigenvalue weighted by molar-refractivity contribution is 0.117. The number of rotatable bonds is 5. The molecule has 1 aliphatic heterocycles. The van der Waals surface area contributed by atoms with Crippen LogP contribution in [0.1, 0.15) is 44.9 Å². The largest absolute Gasteiger partial charge is 0.475 e. The number of halogens is 1. The maximum absolute atomic E-state index is 6.06. The van der Waals surface area contributed by atoms with Crippen molar-refractivity contribution in [2.24, 2.45) is 11.8 Å². The van der Waals surface area contributed by atoms with Crippen molar-refractivity contribution in [2.75, 3.05) is 26.2 Å². The Morgan fingerprint density at radius 1 is 1.08 bits per heavy atom. The van der Waals surface area contributed by atoms with Gasteiger partial charge in [0.1, 0.15) is 0 Å². The molecule has 5 heteroatoms. The number of nitrogens with zero attached hydrogens (tertiary/aromatic N) is 2. The van der Waals surface area contributed by atoms with Gasteiger partial charge in [-0.3, -0.25) is 0 Å². The van der Waals surface area contributed by atoms with Gasteiger partial charge in [0.2, 0.25) is 0 Å². The molecule has 0 amide bonds. The Balaban J connectivity index is 1.25. The summed E-state index contributed by atoms with van der Waals surface area (Å²) in [5.41, 5.74) is 0.724. The van der Waals surface area contributed by atoms with Crippen LogP contribution in [-0.4, -0.2) is 36.3 Å². The van der Waals surface area contributed by atoms with Gasteiger partial charge in [-0.1, -0.05) is 30.9 Å². The van der Waals surface area contributed by atoms with Gasteiger partial charge in [-0.25, -0.2) is 0 Å². The van der Waals surface area contributed by atoms with Gasteiger partial charge in [0.15, 0.2) is 5.58 Å². The Morgan fingerprint density at radius 3 is 2.68 bits per heavy atom. The van der Waals surface area contributed by atoms with Crippen molar-refractivity contribution in [3.05, 3.63) is 23.2 Å². The van der Waals surface area contributed by atoms with Gasteiger partial charge >= 0.3 is 0 Å². The third-order valence-electron chi connectivity index (χ3n) is 5.80. The molecule has 0 spiro atoms. The molecule has 1 saturated heterocycles. The summed E-state index contributed by atoms with van der Waals surface area (Å²) in [6.07, 6.45) is 9.61. The van der Waals surface area contributed by atoms with Crippen LogP contribution in [0.2, 0.25) is 5.02 Å². The van der Waals surface area contributed by atoms with Crippen molar-refractivity contribution in [1.29, 1.82) is 0 Å². The number of fused-ring (bicyclic) bond motifs is 1. The van der Waals surface area contributed by atoms with Gasteiger partial charge in [0.05, 0.1) is 12.0 Å². The first-order valence-electron chi connectivity index (χ1n) is 9.68. The van der Waals surface area contributed by atoms with Crippen LogP contribution < -0.4 is 4.74 Å². The fourth-order valence-electron chi connectivity index (χ4n) is 4.26. The Morgan fingerprint density at radius 2 is 1.88 bits per heavy atom. The third-order valence-corrected chi connectivity index (χ3v) is 6.04. The molecule has 4 nitrogen and oxygen atoms in total. The highest BCUT2D eigenvalue weighted by Gasteiger charge is 2.23. The number of hydrogen-bond acceptors (Lipinski definition) is 4. The molecule has 2 aliphatic rings. The van der Waals surface area contributed by atoms with Gasteiger partial charge in [-0.05, 0) is 74.0 Å². The SMILES string of the molecule is Clc1ccc2onc(OCC3CCN(CC4CCCCC4)CC3)c2c1. The zero-order chi connectivity index (χ0) is 17.1. The average molecular weight is 363 g/mol. The summed E-state index contributed by atoms with van der Waals surface area (Å²) >= 11 is 6.06. The van der Waals surface area contributed by atoms with E-state index in [0.29, 0.717) is 23.4 Å². The smallest absolute Gasteiger partial charge is 0.262 e. The summed E-state index contributed by atoms with van der Waals surface area (Å²) in [4.78, 5) is 2.66. The highest BCUT2D eigenvalue weighted by atomic mass is 35.5. The predicted octanol–water partition coefficient (Wildman–Crippen LogP) is 5.15. The molecular weight excluding hydrogens is 336 g/mol.